The van der Waals surface area contributed by atoms with Crippen molar-refractivity contribution >= 4 is 15.9 Å². The van der Waals surface area contributed by atoms with E-state index in [4.69, 9.17) is 5.73 Å². The predicted molar refractivity (Wildman–Crippen MR) is 64.2 cm³/mol. The average Bonchev–Trinajstić information content (AvgIpc) is 2.19. The maximum atomic E-state index is 5.52. The SMILES string of the molecule is Cc1cc(CNC(C)CN)ccc1Br. The normalized spacial score (nSPS) is 12.9. The standard InChI is InChI=1S/C11H17BrN2/c1-8-5-10(3-4-11(8)12)7-14-9(2)6-13/h3-5,9,14H,6-7,13H2,1-2H3. The maximum absolute atomic E-state index is 5.52. The zero-order chi connectivity index (χ0) is 10.6. The van der Waals surface area contributed by atoms with Crippen molar-refractivity contribution in [1.82, 2.24) is 5.32 Å². The minimum absolute atomic E-state index is 0.374. The molecule has 0 aliphatic rings. The van der Waals surface area contributed by atoms with Crippen LogP contribution in [0, 0.1) is 6.92 Å². The minimum atomic E-state index is 0.374. The molecule has 1 aromatic carbocycles. The fraction of sp³-hybridized carbons (Fsp3) is 0.455. The highest BCUT2D eigenvalue weighted by molar-refractivity contribution is 9.10. The highest BCUT2D eigenvalue weighted by Crippen LogP contribution is 2.16. The quantitative estimate of drug-likeness (QED) is 0.867. The van der Waals surface area contributed by atoms with E-state index in [1.807, 2.05) is 0 Å². The van der Waals surface area contributed by atoms with Crippen molar-refractivity contribution in [3.05, 3.63) is 33.8 Å². The van der Waals surface area contributed by atoms with Crippen molar-refractivity contribution in [2.45, 2.75) is 26.4 Å². The molecule has 0 saturated carbocycles. The molecule has 0 aliphatic carbocycles. The Morgan fingerprint density at radius 2 is 2.21 bits per heavy atom. The molecule has 1 unspecified atom stereocenters. The van der Waals surface area contributed by atoms with Crippen LogP contribution in [0.15, 0.2) is 22.7 Å². The van der Waals surface area contributed by atoms with E-state index in [1.54, 1.807) is 0 Å². The van der Waals surface area contributed by atoms with Gasteiger partial charge in [0.15, 0.2) is 0 Å². The Kier molecular flexibility index (Phi) is 4.58. The lowest BCUT2D eigenvalue weighted by atomic mass is 10.1. The second-order valence-electron chi connectivity index (χ2n) is 3.60. The number of hydrogen-bond donors (Lipinski definition) is 2. The Balaban J connectivity index is 2.55. The molecule has 78 valence electrons. The molecular weight excluding hydrogens is 240 g/mol. The van der Waals surface area contributed by atoms with Gasteiger partial charge >= 0.3 is 0 Å². The molecule has 0 spiro atoms. The Bertz CT molecular complexity index is 299. The van der Waals surface area contributed by atoms with Gasteiger partial charge in [-0.2, -0.15) is 0 Å². The Hall–Kier alpha value is -0.380. The van der Waals surface area contributed by atoms with Crippen LogP contribution in [-0.2, 0) is 6.54 Å². The molecule has 1 rings (SSSR count). The molecule has 3 heteroatoms. The first-order valence-electron chi connectivity index (χ1n) is 4.82. The molecule has 0 bridgehead atoms. The molecule has 0 aliphatic heterocycles. The second-order valence-corrected chi connectivity index (χ2v) is 4.46. The van der Waals surface area contributed by atoms with Crippen molar-refractivity contribution in [3.63, 3.8) is 0 Å². The first-order valence-corrected chi connectivity index (χ1v) is 5.61. The summed E-state index contributed by atoms with van der Waals surface area (Å²) >= 11 is 3.48. The zero-order valence-corrected chi connectivity index (χ0v) is 10.3. The first kappa shape index (κ1) is 11.7. The summed E-state index contributed by atoms with van der Waals surface area (Å²) in [5, 5.41) is 3.35. The second kappa shape index (κ2) is 5.49. The number of benzene rings is 1. The Morgan fingerprint density at radius 3 is 2.79 bits per heavy atom. The van der Waals surface area contributed by atoms with Gasteiger partial charge in [-0.15, -0.1) is 0 Å². The molecule has 0 radical (unpaired) electrons. The van der Waals surface area contributed by atoms with Gasteiger partial charge < -0.3 is 11.1 Å². The van der Waals surface area contributed by atoms with Crippen LogP contribution in [0.1, 0.15) is 18.1 Å². The largest absolute Gasteiger partial charge is 0.329 e. The van der Waals surface area contributed by atoms with Gasteiger partial charge in [0.1, 0.15) is 0 Å². The first-order chi connectivity index (χ1) is 6.63. The number of aryl methyl sites for hydroxylation is 1. The predicted octanol–water partition coefficient (Wildman–Crippen LogP) is 2.19. The molecule has 0 saturated heterocycles. The molecule has 0 amide bonds. The van der Waals surface area contributed by atoms with E-state index >= 15 is 0 Å². The number of halogens is 1. The van der Waals surface area contributed by atoms with E-state index in [0.29, 0.717) is 12.6 Å². The average molecular weight is 257 g/mol. The smallest absolute Gasteiger partial charge is 0.0208 e. The molecule has 14 heavy (non-hydrogen) atoms. The van der Waals surface area contributed by atoms with Crippen LogP contribution in [0.2, 0.25) is 0 Å². The molecule has 2 nitrogen and oxygen atoms in total. The third-order valence-electron chi connectivity index (χ3n) is 2.23. The molecule has 1 atom stereocenters. The van der Waals surface area contributed by atoms with Crippen molar-refractivity contribution in [2.24, 2.45) is 5.73 Å². The molecule has 0 heterocycles. The summed E-state index contributed by atoms with van der Waals surface area (Å²) in [5.41, 5.74) is 8.09. The van der Waals surface area contributed by atoms with Crippen LogP contribution in [0.25, 0.3) is 0 Å². The topological polar surface area (TPSA) is 38.0 Å². The van der Waals surface area contributed by atoms with E-state index in [1.165, 1.54) is 11.1 Å². The summed E-state index contributed by atoms with van der Waals surface area (Å²) in [6.45, 7) is 5.74. The Labute approximate surface area is 94.0 Å². The lowest BCUT2D eigenvalue weighted by Gasteiger charge is -2.11. The third-order valence-corrected chi connectivity index (χ3v) is 3.12. The summed E-state index contributed by atoms with van der Waals surface area (Å²) < 4.78 is 1.16. The van der Waals surface area contributed by atoms with E-state index in [0.717, 1.165) is 11.0 Å². The maximum Gasteiger partial charge on any atom is 0.0208 e. The van der Waals surface area contributed by atoms with Crippen molar-refractivity contribution in [1.29, 1.82) is 0 Å². The lowest BCUT2D eigenvalue weighted by molar-refractivity contribution is 0.556. The summed E-state index contributed by atoms with van der Waals surface area (Å²) in [6.07, 6.45) is 0. The van der Waals surface area contributed by atoms with E-state index in [9.17, 15) is 0 Å². The Morgan fingerprint density at radius 1 is 1.50 bits per heavy atom. The number of nitrogens with two attached hydrogens (primary N) is 1. The minimum Gasteiger partial charge on any atom is -0.329 e. The van der Waals surface area contributed by atoms with Crippen LogP contribution in [0.5, 0.6) is 0 Å². The van der Waals surface area contributed by atoms with E-state index < -0.39 is 0 Å². The molecule has 1 aromatic rings. The fourth-order valence-electron chi connectivity index (χ4n) is 1.19. The van der Waals surface area contributed by atoms with Crippen molar-refractivity contribution in [3.8, 4) is 0 Å². The highest BCUT2D eigenvalue weighted by atomic mass is 79.9. The van der Waals surface area contributed by atoms with Gasteiger partial charge in [-0.25, -0.2) is 0 Å². The third kappa shape index (κ3) is 3.40. The summed E-state index contributed by atoms with van der Waals surface area (Å²) in [4.78, 5) is 0. The summed E-state index contributed by atoms with van der Waals surface area (Å²) in [5.74, 6) is 0. The van der Waals surface area contributed by atoms with Gasteiger partial charge in [0.05, 0.1) is 0 Å². The lowest BCUT2D eigenvalue weighted by Crippen LogP contribution is -2.32. The van der Waals surface area contributed by atoms with Crippen LogP contribution in [0.4, 0.5) is 0 Å². The van der Waals surface area contributed by atoms with Gasteiger partial charge in [0, 0.05) is 23.6 Å². The summed E-state index contributed by atoms with van der Waals surface area (Å²) in [6, 6.07) is 6.76. The number of nitrogens with one attached hydrogen (secondary N) is 1. The van der Waals surface area contributed by atoms with Crippen molar-refractivity contribution in [2.75, 3.05) is 6.54 Å². The molecule has 3 N–H and O–H groups in total. The van der Waals surface area contributed by atoms with E-state index in [2.05, 4.69) is 53.3 Å². The van der Waals surface area contributed by atoms with Gasteiger partial charge in [0.2, 0.25) is 0 Å². The fourth-order valence-corrected chi connectivity index (χ4v) is 1.44. The monoisotopic (exact) mass is 256 g/mol. The zero-order valence-electron chi connectivity index (χ0n) is 8.68. The van der Waals surface area contributed by atoms with Gasteiger partial charge in [-0.05, 0) is 31.0 Å². The number of hydrogen-bond acceptors (Lipinski definition) is 2. The molecular formula is C11H17BrN2. The van der Waals surface area contributed by atoms with Gasteiger partial charge in [-0.3, -0.25) is 0 Å². The number of rotatable bonds is 4. The van der Waals surface area contributed by atoms with E-state index in [-0.39, 0.29) is 0 Å². The highest BCUT2D eigenvalue weighted by Gasteiger charge is 2.00. The molecule has 0 aromatic heterocycles. The van der Waals surface area contributed by atoms with Crippen LogP contribution < -0.4 is 11.1 Å². The van der Waals surface area contributed by atoms with Crippen molar-refractivity contribution < 1.29 is 0 Å². The van der Waals surface area contributed by atoms with Gasteiger partial charge in [0.25, 0.3) is 0 Å². The molecule has 0 fully saturated rings. The van der Waals surface area contributed by atoms with Gasteiger partial charge in [-0.1, -0.05) is 28.1 Å². The summed E-state index contributed by atoms with van der Waals surface area (Å²) in [7, 11) is 0. The van der Waals surface area contributed by atoms with Crippen LogP contribution in [0.3, 0.4) is 0 Å². The van der Waals surface area contributed by atoms with Crippen LogP contribution >= 0.6 is 15.9 Å². The van der Waals surface area contributed by atoms with Crippen LogP contribution in [-0.4, -0.2) is 12.6 Å².